The minimum absolute atomic E-state index is 0. The van der Waals surface area contributed by atoms with Crippen LogP contribution in [0, 0.1) is 5.92 Å². The van der Waals surface area contributed by atoms with Crippen LogP contribution in [0.15, 0.2) is 0 Å². The van der Waals surface area contributed by atoms with Crippen molar-refractivity contribution in [3.63, 3.8) is 0 Å². The molecule has 1 fully saturated rings. The predicted octanol–water partition coefficient (Wildman–Crippen LogP) is 1.03. The quantitative estimate of drug-likeness (QED) is 0.814. The van der Waals surface area contributed by atoms with Gasteiger partial charge in [0.15, 0.2) is 0 Å². The minimum Gasteiger partial charge on any atom is -0.383 e. The van der Waals surface area contributed by atoms with Gasteiger partial charge >= 0.3 is 0 Å². The van der Waals surface area contributed by atoms with Crippen molar-refractivity contribution in [2.24, 2.45) is 11.7 Å². The maximum atomic E-state index is 12.0. The second kappa shape index (κ2) is 7.09. The SMILES string of the molecule is COCC(N)C(=O)N1CCCC(C)C1C.Cl. The van der Waals surface area contributed by atoms with Crippen molar-refractivity contribution in [2.45, 2.75) is 38.8 Å². The van der Waals surface area contributed by atoms with Crippen LogP contribution in [0.4, 0.5) is 0 Å². The summed E-state index contributed by atoms with van der Waals surface area (Å²) in [5.41, 5.74) is 5.75. The number of nitrogens with zero attached hydrogens (tertiary/aromatic N) is 1. The number of nitrogens with two attached hydrogens (primary N) is 1. The van der Waals surface area contributed by atoms with Crippen molar-refractivity contribution < 1.29 is 9.53 Å². The number of hydrogen-bond donors (Lipinski definition) is 1. The third-order valence-corrected chi connectivity index (χ3v) is 3.32. The summed E-state index contributed by atoms with van der Waals surface area (Å²) in [6, 6.07) is -0.211. The number of piperidine rings is 1. The number of rotatable bonds is 3. The molecule has 1 saturated heterocycles. The Morgan fingerprint density at radius 1 is 1.56 bits per heavy atom. The van der Waals surface area contributed by atoms with E-state index < -0.39 is 6.04 Å². The van der Waals surface area contributed by atoms with E-state index in [9.17, 15) is 4.79 Å². The van der Waals surface area contributed by atoms with Gasteiger partial charge in [0.2, 0.25) is 5.91 Å². The number of halogens is 1. The molecule has 3 atom stereocenters. The first-order valence-electron chi connectivity index (χ1n) is 5.63. The molecule has 0 bridgehead atoms. The predicted molar refractivity (Wildman–Crippen MR) is 66.7 cm³/mol. The van der Waals surface area contributed by atoms with Crippen molar-refractivity contribution in [1.29, 1.82) is 0 Å². The molecule has 0 aromatic heterocycles. The van der Waals surface area contributed by atoms with E-state index in [4.69, 9.17) is 10.5 Å². The van der Waals surface area contributed by atoms with Gasteiger partial charge in [0.05, 0.1) is 6.61 Å². The third-order valence-electron chi connectivity index (χ3n) is 3.32. The van der Waals surface area contributed by atoms with Gasteiger partial charge in [-0.2, -0.15) is 0 Å². The van der Waals surface area contributed by atoms with Crippen molar-refractivity contribution >= 4 is 18.3 Å². The smallest absolute Gasteiger partial charge is 0.242 e. The molecule has 0 saturated carbocycles. The van der Waals surface area contributed by atoms with E-state index in [1.807, 2.05) is 4.90 Å². The fraction of sp³-hybridized carbons (Fsp3) is 0.909. The number of methoxy groups -OCH3 is 1. The summed E-state index contributed by atoms with van der Waals surface area (Å²) >= 11 is 0. The maximum Gasteiger partial charge on any atom is 0.242 e. The van der Waals surface area contributed by atoms with Crippen molar-refractivity contribution in [1.82, 2.24) is 4.90 Å². The summed E-state index contributed by atoms with van der Waals surface area (Å²) in [4.78, 5) is 13.9. The second-order valence-corrected chi connectivity index (χ2v) is 4.45. The molecule has 1 aliphatic rings. The Bertz CT molecular complexity index is 226. The zero-order chi connectivity index (χ0) is 11.4. The third kappa shape index (κ3) is 3.61. The first kappa shape index (κ1) is 15.7. The van der Waals surface area contributed by atoms with E-state index in [-0.39, 0.29) is 18.3 Å². The molecule has 0 aliphatic carbocycles. The Labute approximate surface area is 104 Å². The van der Waals surface area contributed by atoms with Gasteiger partial charge in [0.25, 0.3) is 0 Å². The molecule has 0 aromatic rings. The topological polar surface area (TPSA) is 55.6 Å². The molecule has 16 heavy (non-hydrogen) atoms. The Hall–Kier alpha value is -0.320. The second-order valence-electron chi connectivity index (χ2n) is 4.45. The van der Waals surface area contributed by atoms with Crippen molar-refractivity contribution in [3.8, 4) is 0 Å². The average molecular weight is 251 g/mol. The van der Waals surface area contributed by atoms with E-state index >= 15 is 0 Å². The number of carbonyl (C=O) groups excluding carboxylic acids is 1. The lowest BCUT2D eigenvalue weighted by Crippen LogP contribution is -2.53. The van der Waals surface area contributed by atoms with Crippen LogP contribution >= 0.6 is 12.4 Å². The van der Waals surface area contributed by atoms with Gasteiger partial charge in [-0.3, -0.25) is 4.79 Å². The lowest BCUT2D eigenvalue weighted by molar-refractivity contribution is -0.138. The molecule has 2 N–H and O–H groups in total. The lowest BCUT2D eigenvalue weighted by Gasteiger charge is -2.39. The van der Waals surface area contributed by atoms with Gasteiger partial charge in [-0.05, 0) is 25.7 Å². The van der Waals surface area contributed by atoms with Crippen LogP contribution in [0.2, 0.25) is 0 Å². The van der Waals surface area contributed by atoms with Gasteiger partial charge in [0, 0.05) is 19.7 Å². The Kier molecular flexibility index (Phi) is 6.95. The molecular weight excluding hydrogens is 228 g/mol. The van der Waals surface area contributed by atoms with Gasteiger partial charge in [0.1, 0.15) is 6.04 Å². The molecule has 1 rings (SSSR count). The van der Waals surface area contributed by atoms with E-state index in [1.165, 1.54) is 6.42 Å². The highest BCUT2D eigenvalue weighted by Gasteiger charge is 2.30. The first-order chi connectivity index (χ1) is 7.07. The molecule has 0 spiro atoms. The summed E-state index contributed by atoms with van der Waals surface area (Å²) in [5, 5.41) is 0. The summed E-state index contributed by atoms with van der Waals surface area (Å²) in [6.07, 6.45) is 2.28. The number of amides is 1. The van der Waals surface area contributed by atoms with Crippen LogP contribution < -0.4 is 5.73 Å². The average Bonchev–Trinajstić information content (AvgIpc) is 2.21. The molecule has 1 heterocycles. The molecule has 1 amide bonds. The molecule has 5 heteroatoms. The Morgan fingerprint density at radius 3 is 2.75 bits per heavy atom. The van der Waals surface area contributed by atoms with Crippen LogP contribution in [0.5, 0.6) is 0 Å². The van der Waals surface area contributed by atoms with Crippen LogP contribution in [0.25, 0.3) is 0 Å². The summed E-state index contributed by atoms with van der Waals surface area (Å²) in [6.45, 7) is 5.42. The van der Waals surface area contributed by atoms with Crippen molar-refractivity contribution in [2.75, 3.05) is 20.3 Å². The normalized spacial score (nSPS) is 27.1. The van der Waals surface area contributed by atoms with E-state index in [0.717, 1.165) is 13.0 Å². The fourth-order valence-electron chi connectivity index (χ4n) is 2.11. The van der Waals surface area contributed by atoms with Crippen LogP contribution in [-0.2, 0) is 9.53 Å². The number of likely N-dealkylation sites (tertiary alicyclic amines) is 1. The minimum atomic E-state index is -0.511. The summed E-state index contributed by atoms with van der Waals surface area (Å²) in [7, 11) is 1.56. The highest BCUT2D eigenvalue weighted by Crippen LogP contribution is 2.23. The first-order valence-corrected chi connectivity index (χ1v) is 5.63. The Morgan fingerprint density at radius 2 is 2.19 bits per heavy atom. The number of carbonyl (C=O) groups is 1. The van der Waals surface area contributed by atoms with Gasteiger partial charge < -0.3 is 15.4 Å². The van der Waals surface area contributed by atoms with E-state index in [0.29, 0.717) is 18.6 Å². The number of hydrogen-bond acceptors (Lipinski definition) is 3. The molecule has 0 aromatic carbocycles. The maximum absolute atomic E-state index is 12.0. The van der Waals surface area contributed by atoms with Crippen LogP contribution in [-0.4, -0.2) is 43.2 Å². The Balaban J connectivity index is 0.00000225. The van der Waals surface area contributed by atoms with E-state index in [2.05, 4.69) is 13.8 Å². The lowest BCUT2D eigenvalue weighted by atomic mass is 9.91. The molecule has 3 unspecified atom stereocenters. The van der Waals surface area contributed by atoms with Crippen LogP contribution in [0.1, 0.15) is 26.7 Å². The zero-order valence-electron chi connectivity index (χ0n) is 10.3. The largest absolute Gasteiger partial charge is 0.383 e. The fourth-order valence-corrected chi connectivity index (χ4v) is 2.11. The molecular formula is C11H23ClN2O2. The van der Waals surface area contributed by atoms with Gasteiger partial charge in [-0.25, -0.2) is 0 Å². The van der Waals surface area contributed by atoms with Crippen LogP contribution in [0.3, 0.4) is 0 Å². The van der Waals surface area contributed by atoms with Gasteiger partial charge in [-0.1, -0.05) is 6.92 Å². The molecule has 4 nitrogen and oxygen atoms in total. The number of ether oxygens (including phenoxy) is 1. The molecule has 0 radical (unpaired) electrons. The highest BCUT2D eigenvalue weighted by molar-refractivity contribution is 5.85. The molecule has 1 aliphatic heterocycles. The standard InChI is InChI=1S/C11H22N2O2.ClH/c1-8-5-4-6-13(9(8)2)11(14)10(12)7-15-3;/h8-10H,4-7,12H2,1-3H3;1H. The zero-order valence-corrected chi connectivity index (χ0v) is 11.1. The van der Waals surface area contributed by atoms with E-state index in [1.54, 1.807) is 7.11 Å². The summed E-state index contributed by atoms with van der Waals surface area (Å²) < 4.78 is 4.91. The monoisotopic (exact) mass is 250 g/mol. The summed E-state index contributed by atoms with van der Waals surface area (Å²) in [5.74, 6) is 0.591. The molecule has 96 valence electrons. The van der Waals surface area contributed by atoms with Crippen molar-refractivity contribution in [3.05, 3.63) is 0 Å². The van der Waals surface area contributed by atoms with Gasteiger partial charge in [-0.15, -0.1) is 12.4 Å². The highest BCUT2D eigenvalue weighted by atomic mass is 35.5.